The average Bonchev–Trinajstić information content (AvgIpc) is 2.56. The molecule has 2 aromatic carbocycles. The van der Waals surface area contributed by atoms with Crippen LogP contribution in [-0.4, -0.2) is 18.6 Å². The van der Waals surface area contributed by atoms with Gasteiger partial charge in [0.25, 0.3) is 5.91 Å². The van der Waals surface area contributed by atoms with Crippen LogP contribution in [0, 0.1) is 6.92 Å². The molecule has 0 radical (unpaired) electrons. The molecule has 0 saturated heterocycles. The largest absolute Gasteiger partial charge is 0.494 e. The van der Waals surface area contributed by atoms with Gasteiger partial charge in [-0.05, 0) is 50.6 Å². The summed E-state index contributed by atoms with van der Waals surface area (Å²) in [6.45, 7) is 6.81. The Hall–Kier alpha value is -2.49. The van der Waals surface area contributed by atoms with Gasteiger partial charge in [0.15, 0.2) is 6.10 Å². The van der Waals surface area contributed by atoms with Gasteiger partial charge in [-0.25, -0.2) is 0 Å². The van der Waals surface area contributed by atoms with Crippen molar-refractivity contribution in [1.29, 1.82) is 0 Å². The summed E-state index contributed by atoms with van der Waals surface area (Å²) < 4.78 is 11.0. The number of hydrogen-bond donors (Lipinski definition) is 1. The summed E-state index contributed by atoms with van der Waals surface area (Å²) in [5, 5.41) is 2.88. The highest BCUT2D eigenvalue weighted by atomic mass is 16.5. The van der Waals surface area contributed by atoms with Crippen LogP contribution >= 0.6 is 0 Å². The zero-order valence-corrected chi connectivity index (χ0v) is 13.8. The van der Waals surface area contributed by atoms with Crippen molar-refractivity contribution in [2.75, 3.05) is 6.61 Å². The molecule has 0 aromatic heterocycles. The van der Waals surface area contributed by atoms with Crippen LogP contribution in [-0.2, 0) is 11.3 Å². The molecule has 4 nitrogen and oxygen atoms in total. The highest BCUT2D eigenvalue weighted by Gasteiger charge is 2.14. The molecule has 2 rings (SSSR count). The Balaban J connectivity index is 1.82. The van der Waals surface area contributed by atoms with Gasteiger partial charge < -0.3 is 14.8 Å². The summed E-state index contributed by atoms with van der Waals surface area (Å²) in [6, 6.07) is 15.3. The Morgan fingerprint density at radius 3 is 2.26 bits per heavy atom. The van der Waals surface area contributed by atoms with Crippen LogP contribution in [0.3, 0.4) is 0 Å². The number of aryl methyl sites for hydroxylation is 1. The molecule has 0 saturated carbocycles. The molecular weight excluding hydrogens is 290 g/mol. The maximum absolute atomic E-state index is 12.1. The third-order valence-electron chi connectivity index (χ3n) is 3.40. The molecule has 0 aliphatic rings. The van der Waals surface area contributed by atoms with Gasteiger partial charge in [0, 0.05) is 6.54 Å². The zero-order chi connectivity index (χ0) is 16.7. The van der Waals surface area contributed by atoms with Gasteiger partial charge in [-0.2, -0.15) is 0 Å². The van der Waals surface area contributed by atoms with E-state index in [4.69, 9.17) is 9.47 Å². The predicted molar refractivity (Wildman–Crippen MR) is 90.7 cm³/mol. The lowest BCUT2D eigenvalue weighted by molar-refractivity contribution is -0.127. The van der Waals surface area contributed by atoms with Gasteiger partial charge in [-0.1, -0.05) is 29.8 Å². The van der Waals surface area contributed by atoms with Crippen LogP contribution in [0.1, 0.15) is 25.0 Å². The van der Waals surface area contributed by atoms with Crippen molar-refractivity contribution in [3.63, 3.8) is 0 Å². The Kier molecular flexibility index (Phi) is 6.03. The second-order valence-corrected chi connectivity index (χ2v) is 5.37. The van der Waals surface area contributed by atoms with E-state index in [2.05, 4.69) is 5.32 Å². The molecule has 0 spiro atoms. The number of benzene rings is 2. The monoisotopic (exact) mass is 313 g/mol. The summed E-state index contributed by atoms with van der Waals surface area (Å²) >= 11 is 0. The molecule has 0 fully saturated rings. The summed E-state index contributed by atoms with van der Waals surface area (Å²) in [5.74, 6) is 1.39. The van der Waals surface area contributed by atoms with E-state index in [0.717, 1.165) is 16.9 Å². The summed E-state index contributed by atoms with van der Waals surface area (Å²) in [6.07, 6.45) is -0.541. The van der Waals surface area contributed by atoms with Crippen molar-refractivity contribution in [3.05, 3.63) is 59.7 Å². The molecule has 2 aromatic rings. The van der Waals surface area contributed by atoms with E-state index < -0.39 is 6.10 Å². The predicted octanol–water partition coefficient (Wildman–Crippen LogP) is 3.48. The number of hydrogen-bond acceptors (Lipinski definition) is 3. The minimum absolute atomic E-state index is 0.139. The molecule has 1 N–H and O–H groups in total. The maximum Gasteiger partial charge on any atom is 0.261 e. The van der Waals surface area contributed by atoms with Crippen LogP contribution in [0.25, 0.3) is 0 Å². The molecule has 122 valence electrons. The molecular formula is C19H23NO3. The van der Waals surface area contributed by atoms with Gasteiger partial charge in [0.2, 0.25) is 0 Å². The third kappa shape index (κ3) is 5.33. The molecule has 0 bridgehead atoms. The van der Waals surface area contributed by atoms with Crippen LogP contribution in [0.5, 0.6) is 11.5 Å². The normalized spacial score (nSPS) is 11.6. The molecule has 1 amide bonds. The number of amides is 1. The van der Waals surface area contributed by atoms with E-state index in [1.807, 2.05) is 62.4 Å². The summed E-state index contributed by atoms with van der Waals surface area (Å²) in [7, 11) is 0. The minimum atomic E-state index is -0.541. The van der Waals surface area contributed by atoms with Gasteiger partial charge in [-0.15, -0.1) is 0 Å². The molecule has 1 atom stereocenters. The Morgan fingerprint density at radius 1 is 1.04 bits per heavy atom. The lowest BCUT2D eigenvalue weighted by Gasteiger charge is -2.15. The fourth-order valence-corrected chi connectivity index (χ4v) is 2.08. The van der Waals surface area contributed by atoms with Gasteiger partial charge in [0.1, 0.15) is 11.5 Å². The van der Waals surface area contributed by atoms with E-state index in [9.17, 15) is 4.79 Å². The lowest BCUT2D eigenvalue weighted by Crippen LogP contribution is -2.35. The molecule has 0 aliphatic heterocycles. The topological polar surface area (TPSA) is 47.6 Å². The van der Waals surface area contributed by atoms with Crippen molar-refractivity contribution in [1.82, 2.24) is 5.32 Å². The lowest BCUT2D eigenvalue weighted by atomic mass is 10.2. The highest BCUT2D eigenvalue weighted by molar-refractivity contribution is 5.80. The quantitative estimate of drug-likeness (QED) is 0.851. The van der Waals surface area contributed by atoms with Crippen LogP contribution in [0.15, 0.2) is 48.5 Å². The summed E-state index contributed by atoms with van der Waals surface area (Å²) in [4.78, 5) is 12.1. The Morgan fingerprint density at radius 2 is 1.65 bits per heavy atom. The van der Waals surface area contributed by atoms with Crippen LogP contribution in [0.2, 0.25) is 0 Å². The zero-order valence-electron chi connectivity index (χ0n) is 13.8. The van der Waals surface area contributed by atoms with Gasteiger partial charge >= 0.3 is 0 Å². The standard InChI is InChI=1S/C19H23NO3/c1-4-22-17-11-7-16(8-12-17)13-20-19(21)15(3)23-18-9-5-14(2)6-10-18/h5-12,15H,4,13H2,1-3H3,(H,20,21)/t15-/m1/s1. The number of nitrogens with one attached hydrogen (secondary N) is 1. The van der Waals surface area contributed by atoms with Crippen LogP contribution in [0.4, 0.5) is 0 Å². The van der Waals surface area contributed by atoms with Crippen molar-refractivity contribution >= 4 is 5.91 Å². The number of carbonyl (C=O) groups is 1. The Bertz CT molecular complexity index is 620. The van der Waals surface area contributed by atoms with E-state index in [0.29, 0.717) is 18.9 Å². The molecule has 0 heterocycles. The fourth-order valence-electron chi connectivity index (χ4n) is 2.08. The molecule has 4 heteroatoms. The maximum atomic E-state index is 12.1. The van der Waals surface area contributed by atoms with E-state index >= 15 is 0 Å². The Labute approximate surface area is 137 Å². The molecule has 0 aliphatic carbocycles. The third-order valence-corrected chi connectivity index (χ3v) is 3.40. The smallest absolute Gasteiger partial charge is 0.261 e. The van der Waals surface area contributed by atoms with Gasteiger partial charge in [-0.3, -0.25) is 4.79 Å². The first-order valence-electron chi connectivity index (χ1n) is 7.81. The van der Waals surface area contributed by atoms with Crippen molar-refractivity contribution in [3.8, 4) is 11.5 Å². The number of ether oxygens (including phenoxy) is 2. The second-order valence-electron chi connectivity index (χ2n) is 5.37. The van der Waals surface area contributed by atoms with Crippen LogP contribution < -0.4 is 14.8 Å². The number of rotatable bonds is 7. The minimum Gasteiger partial charge on any atom is -0.494 e. The second kappa shape index (κ2) is 8.22. The average molecular weight is 313 g/mol. The highest BCUT2D eigenvalue weighted by Crippen LogP contribution is 2.14. The van der Waals surface area contributed by atoms with E-state index in [-0.39, 0.29) is 5.91 Å². The first kappa shape index (κ1) is 16.9. The van der Waals surface area contributed by atoms with Crippen molar-refractivity contribution in [2.45, 2.75) is 33.4 Å². The fraction of sp³-hybridized carbons (Fsp3) is 0.316. The van der Waals surface area contributed by atoms with Crippen molar-refractivity contribution < 1.29 is 14.3 Å². The SMILES string of the molecule is CCOc1ccc(CNC(=O)[C@@H](C)Oc2ccc(C)cc2)cc1. The number of carbonyl (C=O) groups excluding carboxylic acids is 1. The van der Waals surface area contributed by atoms with E-state index in [1.165, 1.54) is 0 Å². The van der Waals surface area contributed by atoms with E-state index in [1.54, 1.807) is 6.92 Å². The molecule has 23 heavy (non-hydrogen) atoms. The summed E-state index contributed by atoms with van der Waals surface area (Å²) in [5.41, 5.74) is 2.18. The molecule has 0 unspecified atom stereocenters. The van der Waals surface area contributed by atoms with Crippen molar-refractivity contribution in [2.24, 2.45) is 0 Å². The first-order valence-corrected chi connectivity index (χ1v) is 7.81. The van der Waals surface area contributed by atoms with Gasteiger partial charge in [0.05, 0.1) is 6.61 Å². The first-order chi connectivity index (χ1) is 11.1.